The van der Waals surface area contributed by atoms with Crippen molar-refractivity contribution in [3.63, 3.8) is 0 Å². The summed E-state index contributed by atoms with van der Waals surface area (Å²) in [5.74, 6) is -1.75. The van der Waals surface area contributed by atoms with Crippen molar-refractivity contribution < 1.29 is 19.5 Å². The number of nitrogens with one attached hydrogen (secondary N) is 2. The van der Waals surface area contributed by atoms with E-state index < -0.39 is 17.9 Å². The van der Waals surface area contributed by atoms with Crippen molar-refractivity contribution in [1.82, 2.24) is 10.7 Å². The lowest BCUT2D eigenvalue weighted by Gasteiger charge is -2.16. The number of carbonyl (C=O) groups excluding carboxylic acids is 2. The van der Waals surface area contributed by atoms with Crippen LogP contribution < -0.4 is 10.7 Å². The summed E-state index contributed by atoms with van der Waals surface area (Å²) in [7, 11) is 0. The summed E-state index contributed by atoms with van der Waals surface area (Å²) in [6.07, 6.45) is 2.09. The summed E-state index contributed by atoms with van der Waals surface area (Å²) in [5.41, 5.74) is 2.38. The molecule has 1 heterocycles. The van der Waals surface area contributed by atoms with E-state index in [-0.39, 0.29) is 30.4 Å². The van der Waals surface area contributed by atoms with Crippen LogP contribution in [0.3, 0.4) is 0 Å². The van der Waals surface area contributed by atoms with Gasteiger partial charge in [-0.3, -0.25) is 9.59 Å². The van der Waals surface area contributed by atoms with E-state index in [1.54, 1.807) is 0 Å². The Labute approximate surface area is 97.3 Å². The molecular weight excluding hydrogens is 226 g/mol. The molecule has 0 bridgehead atoms. The highest BCUT2D eigenvalue weighted by Gasteiger charge is 2.38. The molecule has 0 aromatic rings. The molecule has 1 fully saturated rings. The molecule has 0 radical (unpaired) electrons. The van der Waals surface area contributed by atoms with E-state index in [2.05, 4.69) is 15.8 Å². The van der Waals surface area contributed by atoms with Crippen molar-refractivity contribution >= 4 is 23.5 Å². The number of rotatable bonds is 4. The minimum absolute atomic E-state index is 0.0234. The first-order valence-corrected chi connectivity index (χ1v) is 5.47. The van der Waals surface area contributed by atoms with Crippen molar-refractivity contribution in [1.29, 1.82) is 0 Å². The number of hydrogen-bond acceptors (Lipinski definition) is 4. The molecule has 0 aromatic heterocycles. The summed E-state index contributed by atoms with van der Waals surface area (Å²) in [6.45, 7) is 0. The van der Waals surface area contributed by atoms with Gasteiger partial charge < -0.3 is 10.4 Å². The molecule has 0 aromatic carbocycles. The Bertz CT molecular complexity index is 400. The van der Waals surface area contributed by atoms with Gasteiger partial charge in [0.2, 0.25) is 5.91 Å². The molecule has 0 spiro atoms. The maximum absolute atomic E-state index is 11.7. The molecule has 1 aliphatic carbocycles. The zero-order valence-corrected chi connectivity index (χ0v) is 9.10. The van der Waals surface area contributed by atoms with Gasteiger partial charge in [-0.15, -0.1) is 0 Å². The standard InChI is InChI=1S/C10H13N3O4/c14-7-4-3-6(12-13-7)9(15)11-8(10(16)17)5-1-2-5/h5,8H,1-4H2,(H,11,15)(H,13,14)(H,16,17). The van der Waals surface area contributed by atoms with E-state index in [1.165, 1.54) is 0 Å². The summed E-state index contributed by atoms with van der Waals surface area (Å²) in [4.78, 5) is 33.5. The Hall–Kier alpha value is -1.92. The fraction of sp³-hybridized carbons (Fsp3) is 0.600. The summed E-state index contributed by atoms with van der Waals surface area (Å²) < 4.78 is 0. The van der Waals surface area contributed by atoms with Gasteiger partial charge in [0, 0.05) is 12.8 Å². The average molecular weight is 239 g/mol. The quantitative estimate of drug-likeness (QED) is 0.598. The Morgan fingerprint density at radius 3 is 2.59 bits per heavy atom. The number of hydrazone groups is 1. The first kappa shape index (κ1) is 11.6. The van der Waals surface area contributed by atoms with Crippen LogP contribution in [0.1, 0.15) is 25.7 Å². The van der Waals surface area contributed by atoms with Gasteiger partial charge in [-0.2, -0.15) is 5.10 Å². The SMILES string of the molecule is O=C1CCC(C(=O)NC(C(=O)O)C2CC2)=NN1. The predicted molar refractivity (Wildman–Crippen MR) is 57.1 cm³/mol. The number of nitrogens with zero attached hydrogens (tertiary/aromatic N) is 1. The second-order valence-electron chi connectivity index (χ2n) is 4.22. The van der Waals surface area contributed by atoms with Crippen molar-refractivity contribution in [2.24, 2.45) is 11.0 Å². The van der Waals surface area contributed by atoms with Crippen molar-refractivity contribution in [2.45, 2.75) is 31.7 Å². The van der Waals surface area contributed by atoms with E-state index in [4.69, 9.17) is 5.11 Å². The topological polar surface area (TPSA) is 108 Å². The number of carbonyl (C=O) groups is 3. The molecule has 7 nitrogen and oxygen atoms in total. The van der Waals surface area contributed by atoms with Gasteiger partial charge in [0.05, 0.1) is 0 Å². The van der Waals surface area contributed by atoms with Crippen LogP contribution in [-0.4, -0.2) is 34.6 Å². The van der Waals surface area contributed by atoms with Gasteiger partial charge in [0.25, 0.3) is 5.91 Å². The molecule has 2 amide bonds. The van der Waals surface area contributed by atoms with Crippen LogP contribution in [0, 0.1) is 5.92 Å². The van der Waals surface area contributed by atoms with E-state index in [0.717, 1.165) is 12.8 Å². The summed E-state index contributed by atoms with van der Waals surface area (Å²) in [6, 6.07) is -0.845. The first-order chi connectivity index (χ1) is 8.08. The highest BCUT2D eigenvalue weighted by molar-refractivity contribution is 6.39. The maximum Gasteiger partial charge on any atom is 0.326 e. The lowest BCUT2D eigenvalue weighted by molar-refractivity contribution is -0.141. The molecule has 2 aliphatic rings. The molecule has 2 rings (SSSR count). The Morgan fingerprint density at radius 1 is 1.41 bits per heavy atom. The van der Waals surface area contributed by atoms with Crippen LogP contribution in [0.15, 0.2) is 5.10 Å². The fourth-order valence-corrected chi connectivity index (χ4v) is 1.67. The molecule has 3 N–H and O–H groups in total. The molecule has 0 saturated heterocycles. The maximum atomic E-state index is 11.7. The predicted octanol–water partition coefficient (Wildman–Crippen LogP) is -0.768. The van der Waals surface area contributed by atoms with Gasteiger partial charge >= 0.3 is 5.97 Å². The second-order valence-corrected chi connectivity index (χ2v) is 4.22. The van der Waals surface area contributed by atoms with Crippen LogP contribution in [0.5, 0.6) is 0 Å². The van der Waals surface area contributed by atoms with Crippen LogP contribution in [0.25, 0.3) is 0 Å². The molecule has 1 atom stereocenters. The summed E-state index contributed by atoms with van der Waals surface area (Å²) in [5, 5.41) is 15.0. The zero-order chi connectivity index (χ0) is 12.4. The monoisotopic (exact) mass is 239 g/mol. The van der Waals surface area contributed by atoms with Gasteiger partial charge in [0.15, 0.2) is 0 Å². The lowest BCUT2D eigenvalue weighted by Crippen LogP contribution is -2.46. The van der Waals surface area contributed by atoms with Crippen molar-refractivity contribution in [3.8, 4) is 0 Å². The number of hydrogen-bond donors (Lipinski definition) is 3. The third kappa shape index (κ3) is 2.80. The molecule has 92 valence electrons. The van der Waals surface area contributed by atoms with Crippen molar-refractivity contribution in [2.75, 3.05) is 0 Å². The molecule has 7 heteroatoms. The number of carboxylic acids is 1. The van der Waals surface area contributed by atoms with Crippen LogP contribution in [-0.2, 0) is 14.4 Å². The second kappa shape index (κ2) is 4.52. The molecular formula is C10H13N3O4. The Morgan fingerprint density at radius 2 is 2.12 bits per heavy atom. The number of aliphatic carboxylic acids is 1. The smallest absolute Gasteiger partial charge is 0.326 e. The van der Waals surface area contributed by atoms with E-state index >= 15 is 0 Å². The normalized spacial score (nSPS) is 21.2. The Kier molecular flexibility index (Phi) is 3.08. The van der Waals surface area contributed by atoms with Gasteiger partial charge in [0.1, 0.15) is 11.8 Å². The lowest BCUT2D eigenvalue weighted by atomic mass is 10.1. The Balaban J connectivity index is 1.95. The molecule has 1 unspecified atom stereocenters. The van der Waals surface area contributed by atoms with Crippen LogP contribution >= 0.6 is 0 Å². The van der Waals surface area contributed by atoms with Crippen LogP contribution in [0.4, 0.5) is 0 Å². The number of carboxylic acid groups (broad SMARTS) is 1. The zero-order valence-electron chi connectivity index (χ0n) is 9.10. The third-order valence-corrected chi connectivity index (χ3v) is 2.81. The first-order valence-electron chi connectivity index (χ1n) is 5.47. The van der Waals surface area contributed by atoms with Crippen molar-refractivity contribution in [3.05, 3.63) is 0 Å². The molecule has 17 heavy (non-hydrogen) atoms. The van der Waals surface area contributed by atoms with Crippen LogP contribution in [0.2, 0.25) is 0 Å². The molecule has 1 saturated carbocycles. The average Bonchev–Trinajstić information content (AvgIpc) is 3.10. The molecule has 1 aliphatic heterocycles. The third-order valence-electron chi connectivity index (χ3n) is 2.81. The van der Waals surface area contributed by atoms with E-state index in [9.17, 15) is 14.4 Å². The van der Waals surface area contributed by atoms with E-state index in [1.807, 2.05) is 0 Å². The van der Waals surface area contributed by atoms with Gasteiger partial charge in [-0.25, -0.2) is 10.2 Å². The largest absolute Gasteiger partial charge is 0.480 e. The summed E-state index contributed by atoms with van der Waals surface area (Å²) >= 11 is 0. The highest BCUT2D eigenvalue weighted by Crippen LogP contribution is 2.32. The van der Waals surface area contributed by atoms with Gasteiger partial charge in [-0.05, 0) is 18.8 Å². The van der Waals surface area contributed by atoms with E-state index in [0.29, 0.717) is 0 Å². The minimum Gasteiger partial charge on any atom is -0.480 e. The fourth-order valence-electron chi connectivity index (χ4n) is 1.67. The van der Waals surface area contributed by atoms with Gasteiger partial charge in [-0.1, -0.05) is 0 Å². The highest BCUT2D eigenvalue weighted by atomic mass is 16.4. The minimum atomic E-state index is -1.03. The number of amides is 2.